The molecule has 0 unspecified atom stereocenters. The zero-order chi connectivity index (χ0) is 16.9. The topological polar surface area (TPSA) is 75.3 Å². The SMILES string of the molecule is O=C(CCNS(=O)(=O)c1ccc(F)cc1)Nc1cccc(F)c1. The van der Waals surface area contributed by atoms with Crippen molar-refractivity contribution >= 4 is 21.6 Å². The average molecular weight is 340 g/mol. The number of halogens is 2. The number of hydrogen-bond acceptors (Lipinski definition) is 3. The number of nitrogens with one attached hydrogen (secondary N) is 2. The highest BCUT2D eigenvalue weighted by atomic mass is 32.2. The third-order valence-electron chi connectivity index (χ3n) is 2.88. The van der Waals surface area contributed by atoms with Gasteiger partial charge in [-0.15, -0.1) is 0 Å². The van der Waals surface area contributed by atoms with E-state index in [2.05, 4.69) is 10.0 Å². The molecule has 0 aliphatic carbocycles. The third-order valence-corrected chi connectivity index (χ3v) is 4.35. The van der Waals surface area contributed by atoms with Crippen LogP contribution in [0, 0.1) is 11.6 Å². The van der Waals surface area contributed by atoms with Gasteiger partial charge in [0.1, 0.15) is 11.6 Å². The van der Waals surface area contributed by atoms with E-state index in [0.717, 1.165) is 30.3 Å². The molecule has 2 N–H and O–H groups in total. The van der Waals surface area contributed by atoms with Gasteiger partial charge in [-0.1, -0.05) is 6.07 Å². The van der Waals surface area contributed by atoms with Crippen LogP contribution in [0.15, 0.2) is 53.4 Å². The molecule has 0 aliphatic rings. The maximum atomic E-state index is 13.0. The first-order valence-corrected chi connectivity index (χ1v) is 8.16. The molecule has 0 bridgehead atoms. The van der Waals surface area contributed by atoms with Crippen molar-refractivity contribution in [2.75, 3.05) is 11.9 Å². The van der Waals surface area contributed by atoms with E-state index in [4.69, 9.17) is 0 Å². The summed E-state index contributed by atoms with van der Waals surface area (Å²) in [6, 6.07) is 9.68. The maximum absolute atomic E-state index is 13.0. The number of anilines is 1. The number of benzene rings is 2. The second-order valence-electron chi connectivity index (χ2n) is 4.66. The van der Waals surface area contributed by atoms with E-state index in [0.29, 0.717) is 0 Å². The lowest BCUT2D eigenvalue weighted by atomic mass is 10.3. The molecule has 0 saturated heterocycles. The van der Waals surface area contributed by atoms with E-state index in [1.807, 2.05) is 0 Å². The van der Waals surface area contributed by atoms with E-state index < -0.39 is 27.6 Å². The van der Waals surface area contributed by atoms with E-state index >= 15 is 0 Å². The summed E-state index contributed by atoms with van der Waals surface area (Å²) >= 11 is 0. The minimum atomic E-state index is -3.81. The van der Waals surface area contributed by atoms with Crippen molar-refractivity contribution < 1.29 is 22.0 Å². The van der Waals surface area contributed by atoms with Gasteiger partial charge in [-0.2, -0.15) is 0 Å². The quantitative estimate of drug-likeness (QED) is 0.847. The van der Waals surface area contributed by atoms with Gasteiger partial charge in [-0.05, 0) is 42.5 Å². The number of sulfonamides is 1. The van der Waals surface area contributed by atoms with Crippen molar-refractivity contribution in [1.29, 1.82) is 0 Å². The predicted molar refractivity (Wildman–Crippen MR) is 81.2 cm³/mol. The summed E-state index contributed by atoms with van der Waals surface area (Å²) in [5.74, 6) is -1.49. The Balaban J connectivity index is 1.86. The van der Waals surface area contributed by atoms with Gasteiger partial charge in [-0.25, -0.2) is 21.9 Å². The Bertz CT molecular complexity index is 793. The van der Waals surface area contributed by atoms with Crippen LogP contribution in [0.1, 0.15) is 6.42 Å². The van der Waals surface area contributed by atoms with E-state index in [1.54, 1.807) is 0 Å². The molecule has 0 aromatic heterocycles. The Morgan fingerprint density at radius 2 is 1.70 bits per heavy atom. The monoisotopic (exact) mass is 340 g/mol. The molecule has 8 heteroatoms. The van der Waals surface area contributed by atoms with Crippen molar-refractivity contribution in [2.45, 2.75) is 11.3 Å². The van der Waals surface area contributed by atoms with Crippen molar-refractivity contribution in [1.82, 2.24) is 4.72 Å². The lowest BCUT2D eigenvalue weighted by Crippen LogP contribution is -2.27. The molecule has 2 aromatic carbocycles. The lowest BCUT2D eigenvalue weighted by Gasteiger charge is -2.08. The highest BCUT2D eigenvalue weighted by molar-refractivity contribution is 7.89. The fraction of sp³-hybridized carbons (Fsp3) is 0.133. The standard InChI is InChI=1S/C15H14F2N2O3S/c16-11-4-6-14(7-5-11)23(21,22)18-9-8-15(20)19-13-3-1-2-12(17)10-13/h1-7,10,18H,8-9H2,(H,19,20). The average Bonchev–Trinajstić information content (AvgIpc) is 2.47. The minimum Gasteiger partial charge on any atom is -0.326 e. The fourth-order valence-corrected chi connectivity index (χ4v) is 2.82. The maximum Gasteiger partial charge on any atom is 0.240 e. The van der Waals surface area contributed by atoms with E-state index in [9.17, 15) is 22.0 Å². The van der Waals surface area contributed by atoms with Crippen molar-refractivity contribution in [3.63, 3.8) is 0 Å². The van der Waals surface area contributed by atoms with Crippen molar-refractivity contribution in [2.24, 2.45) is 0 Å². The second-order valence-corrected chi connectivity index (χ2v) is 6.43. The number of carbonyl (C=O) groups is 1. The zero-order valence-corrected chi connectivity index (χ0v) is 12.7. The van der Waals surface area contributed by atoms with E-state index in [1.165, 1.54) is 18.2 Å². The molecule has 0 fully saturated rings. The zero-order valence-electron chi connectivity index (χ0n) is 11.9. The first-order chi connectivity index (χ1) is 10.9. The van der Waals surface area contributed by atoms with Crippen molar-refractivity contribution in [3.05, 3.63) is 60.2 Å². The summed E-state index contributed by atoms with van der Waals surface area (Å²) in [5, 5.41) is 2.45. The first kappa shape index (κ1) is 17.0. The molecule has 0 atom stereocenters. The normalized spacial score (nSPS) is 11.2. The van der Waals surface area contributed by atoms with Gasteiger partial charge in [-0.3, -0.25) is 4.79 Å². The Kier molecular flexibility index (Phi) is 5.41. The summed E-state index contributed by atoms with van der Waals surface area (Å²) in [6.45, 7) is -0.138. The number of rotatable bonds is 6. The Morgan fingerprint density at radius 1 is 1.00 bits per heavy atom. The van der Waals surface area contributed by atoms with E-state index in [-0.39, 0.29) is 23.5 Å². The van der Waals surface area contributed by atoms with Crippen molar-refractivity contribution in [3.8, 4) is 0 Å². The molecule has 0 spiro atoms. The van der Waals surface area contributed by atoms with Crippen LogP contribution in [-0.2, 0) is 14.8 Å². The third kappa shape index (κ3) is 5.11. The summed E-state index contributed by atoms with van der Waals surface area (Å²) in [6.07, 6.45) is -0.128. The van der Waals surface area contributed by atoms with Gasteiger partial charge < -0.3 is 5.32 Å². The summed E-state index contributed by atoms with van der Waals surface area (Å²) in [7, 11) is -3.81. The van der Waals surface area contributed by atoms with Crippen LogP contribution >= 0.6 is 0 Å². The molecular formula is C15H14F2N2O3S. The van der Waals surface area contributed by atoms with Gasteiger partial charge in [0.15, 0.2) is 0 Å². The van der Waals surface area contributed by atoms with Crippen LogP contribution in [0.3, 0.4) is 0 Å². The number of hydrogen-bond donors (Lipinski definition) is 2. The van der Waals surface area contributed by atoms with Crippen LogP contribution in [0.4, 0.5) is 14.5 Å². The highest BCUT2D eigenvalue weighted by Crippen LogP contribution is 2.11. The Hall–Kier alpha value is -2.32. The molecule has 1 amide bonds. The molecule has 0 saturated carbocycles. The van der Waals surface area contributed by atoms with Gasteiger partial charge >= 0.3 is 0 Å². The predicted octanol–water partition coefficient (Wildman–Crippen LogP) is 2.27. The number of carbonyl (C=O) groups excluding carboxylic acids is 1. The van der Waals surface area contributed by atoms with Gasteiger partial charge in [0.25, 0.3) is 0 Å². The first-order valence-electron chi connectivity index (χ1n) is 6.67. The smallest absolute Gasteiger partial charge is 0.240 e. The number of amides is 1. The van der Waals surface area contributed by atoms with Gasteiger partial charge in [0, 0.05) is 18.7 Å². The summed E-state index contributed by atoms with van der Waals surface area (Å²) in [5.41, 5.74) is 0.288. The molecule has 122 valence electrons. The van der Waals surface area contributed by atoms with Gasteiger partial charge in [0.05, 0.1) is 4.90 Å². The van der Waals surface area contributed by atoms with Crippen LogP contribution < -0.4 is 10.0 Å². The minimum absolute atomic E-state index is 0.0931. The summed E-state index contributed by atoms with van der Waals surface area (Å²) in [4.78, 5) is 11.6. The second kappa shape index (κ2) is 7.30. The van der Waals surface area contributed by atoms with Gasteiger partial charge in [0.2, 0.25) is 15.9 Å². The molecule has 5 nitrogen and oxygen atoms in total. The van der Waals surface area contributed by atoms with Crippen LogP contribution in [-0.4, -0.2) is 20.9 Å². The molecule has 23 heavy (non-hydrogen) atoms. The van der Waals surface area contributed by atoms with Crippen LogP contribution in [0.2, 0.25) is 0 Å². The molecule has 0 radical (unpaired) electrons. The lowest BCUT2D eigenvalue weighted by molar-refractivity contribution is -0.116. The fourth-order valence-electron chi connectivity index (χ4n) is 1.79. The summed E-state index contributed by atoms with van der Waals surface area (Å²) < 4.78 is 51.8. The molecule has 2 rings (SSSR count). The Morgan fingerprint density at radius 3 is 2.35 bits per heavy atom. The Labute approximate surface area is 132 Å². The largest absolute Gasteiger partial charge is 0.326 e. The molecular weight excluding hydrogens is 326 g/mol. The van der Waals surface area contributed by atoms with Crippen LogP contribution in [0.5, 0.6) is 0 Å². The van der Waals surface area contributed by atoms with Crippen LogP contribution in [0.25, 0.3) is 0 Å². The molecule has 0 heterocycles. The molecule has 0 aliphatic heterocycles. The molecule has 2 aromatic rings. The highest BCUT2D eigenvalue weighted by Gasteiger charge is 2.14.